The van der Waals surface area contributed by atoms with Crippen molar-refractivity contribution in [1.82, 2.24) is 21.3 Å². The summed E-state index contributed by atoms with van der Waals surface area (Å²) < 4.78 is 71.7. The van der Waals surface area contributed by atoms with Crippen LogP contribution in [-0.2, 0) is 85.6 Å². The fourth-order valence-corrected chi connectivity index (χ4v) is 12.2. The van der Waals surface area contributed by atoms with Gasteiger partial charge in [0, 0.05) is 47.1 Å². The average molecular weight is 1420 g/mol. The Kier molecular flexibility index (Phi) is 30.3. The van der Waals surface area contributed by atoms with Crippen LogP contribution < -0.4 is 27.0 Å². The number of nitrogens with two attached hydrogens (primary N) is 1. The molecule has 0 aliphatic carbocycles. The first-order valence-corrected chi connectivity index (χ1v) is 31.0. The largest absolute Gasteiger partial charge is 0.477 e. The number of carboxylic acids is 2. The molecular weight excluding hydrogens is 1320 g/mol. The maximum absolute atomic E-state index is 13.8. The fourth-order valence-electron chi connectivity index (χ4n) is 12.2. The summed E-state index contributed by atoms with van der Waals surface area (Å²) in [4.78, 5) is 78.0. The van der Waals surface area contributed by atoms with Crippen LogP contribution in [0.2, 0.25) is 0 Å². The third kappa shape index (κ3) is 19.2. The Balaban J connectivity index is 1.51. The third-order valence-corrected chi connectivity index (χ3v) is 17.1. The zero-order chi connectivity index (χ0) is 72.3. The molecular formula is C55H93N5O37. The van der Waals surface area contributed by atoms with Crippen LogP contribution >= 0.6 is 0 Å². The predicted octanol–water partition coefficient (Wildman–Crippen LogP) is -14.0. The molecule has 0 bridgehead atoms. The van der Waals surface area contributed by atoms with E-state index in [0.717, 1.165) is 27.7 Å². The Bertz CT molecular complexity index is 2560. The molecule has 42 nitrogen and oxygen atoms in total. The Labute approximate surface area is 551 Å². The number of unbranched alkanes of at least 4 members (excludes halogenated alkanes) is 2. The first-order valence-electron chi connectivity index (χ1n) is 31.0. The minimum Gasteiger partial charge on any atom is -0.477 e. The molecule has 6 rings (SSSR count). The van der Waals surface area contributed by atoms with E-state index in [9.17, 15) is 126 Å². The number of carbonyl (C=O) groups is 6. The predicted molar refractivity (Wildman–Crippen MR) is 307 cm³/mol. The standard InChI is InChI=1S/C55H93N5O37/c1-18(66)57-30-22(70)10-54(52(82)83,95-44(30)34(74)24(72)12-61)87-17-29-38(78)43(33(60-21(4)69)49(91-29)94-46-37(77)27(15-64)89-50(40(46)80)86-9-7-5-6-8-56)93-51-41(81)47(42(28(16-65)90-51)92-48-32(59-20(3)68)39(79)36(76)26(14-63)88-48)97-55(53(84)85)11-23(71)31(58-19(2)67)45(96-55)35(75)25(73)13-62/h22-51,61-65,70-81H,5-17,56H2,1-4H3,(H,57,66)(H,58,67)(H,59,68)(H,60,69)(H,82,83)(H,84,85)/t22-,23+,24+,25+,26+,27+,28+,29+,30+,31-,32+,33+,34+,35+,36-,37-,38+,39+,40+,41+,42-,43+,44+,45-,46-,47+,48-,49-,50+,51-,54+,55+/m0/s1. The van der Waals surface area contributed by atoms with Gasteiger partial charge in [0.15, 0.2) is 25.2 Å². The van der Waals surface area contributed by atoms with Crippen molar-refractivity contribution in [3.8, 4) is 0 Å². The lowest BCUT2D eigenvalue weighted by Gasteiger charge is -2.53. The highest BCUT2D eigenvalue weighted by atomic mass is 16.8. The van der Waals surface area contributed by atoms with Crippen LogP contribution in [0.15, 0.2) is 0 Å². The van der Waals surface area contributed by atoms with E-state index in [1.807, 2.05) is 0 Å². The summed E-state index contributed by atoms with van der Waals surface area (Å²) in [6.45, 7) is -3.23. The van der Waals surface area contributed by atoms with Gasteiger partial charge in [-0.3, -0.25) is 19.2 Å². The van der Waals surface area contributed by atoms with Crippen molar-refractivity contribution in [3.05, 3.63) is 0 Å². The summed E-state index contributed by atoms with van der Waals surface area (Å²) in [5.41, 5.74) is 5.61. The minimum atomic E-state index is -3.48. The molecule has 560 valence electrons. The van der Waals surface area contributed by atoms with E-state index in [0.29, 0.717) is 25.8 Å². The van der Waals surface area contributed by atoms with Gasteiger partial charge in [-0.05, 0) is 25.8 Å². The molecule has 0 aromatic heterocycles. The summed E-state index contributed by atoms with van der Waals surface area (Å²) in [6, 6.07) is -7.55. The zero-order valence-corrected chi connectivity index (χ0v) is 52.9. The number of carbonyl (C=O) groups excluding carboxylic acids is 4. The molecule has 6 heterocycles. The third-order valence-electron chi connectivity index (χ3n) is 17.1. The molecule has 6 saturated heterocycles. The molecule has 0 aromatic rings. The lowest BCUT2D eigenvalue weighted by Crippen LogP contribution is -2.72. The van der Waals surface area contributed by atoms with Gasteiger partial charge < -0.3 is 181 Å². The van der Waals surface area contributed by atoms with Gasteiger partial charge in [0.2, 0.25) is 23.6 Å². The van der Waals surface area contributed by atoms with Gasteiger partial charge in [0.25, 0.3) is 11.6 Å². The molecule has 42 heteroatoms. The summed E-state index contributed by atoms with van der Waals surface area (Å²) in [7, 11) is 0. The lowest BCUT2D eigenvalue weighted by atomic mass is 9.88. The number of carboxylic acid groups (broad SMARTS) is 2. The Hall–Kier alpha value is -4.38. The lowest BCUT2D eigenvalue weighted by molar-refractivity contribution is -0.400. The number of aliphatic hydroxyl groups is 17. The number of hydrogen-bond donors (Lipinski definition) is 24. The number of aliphatic carboxylic acids is 2. The number of ether oxygens (including phenoxy) is 12. The van der Waals surface area contributed by atoms with E-state index in [1.165, 1.54) is 0 Å². The second kappa shape index (κ2) is 36.0. The van der Waals surface area contributed by atoms with Crippen molar-refractivity contribution >= 4 is 35.6 Å². The number of amides is 4. The van der Waals surface area contributed by atoms with E-state index < -0.39 is 283 Å². The molecule has 0 saturated carbocycles. The monoisotopic (exact) mass is 1420 g/mol. The van der Waals surface area contributed by atoms with Gasteiger partial charge in [0.05, 0.1) is 63.9 Å². The number of hydrogen-bond acceptors (Lipinski definition) is 36. The fraction of sp³-hybridized carbons (Fsp3) is 0.891. The summed E-state index contributed by atoms with van der Waals surface area (Å²) in [6.07, 6.45) is -58.1. The molecule has 0 radical (unpaired) electrons. The van der Waals surface area contributed by atoms with Crippen molar-refractivity contribution in [2.75, 3.05) is 52.8 Å². The molecule has 6 aliphatic rings. The molecule has 4 amide bonds. The minimum absolute atomic E-state index is 0.108. The van der Waals surface area contributed by atoms with E-state index in [2.05, 4.69) is 21.3 Å². The van der Waals surface area contributed by atoms with Crippen LogP contribution in [-0.4, -0.2) is 381 Å². The van der Waals surface area contributed by atoms with Crippen LogP contribution in [0.1, 0.15) is 59.8 Å². The van der Waals surface area contributed by atoms with Gasteiger partial charge in [-0.15, -0.1) is 0 Å². The van der Waals surface area contributed by atoms with E-state index in [4.69, 9.17) is 62.6 Å². The zero-order valence-electron chi connectivity index (χ0n) is 52.9. The number of rotatable bonds is 32. The second-order valence-electron chi connectivity index (χ2n) is 24.3. The highest BCUT2D eigenvalue weighted by Crippen LogP contribution is 2.42. The molecule has 6 aliphatic heterocycles. The smallest absolute Gasteiger partial charge is 0.364 e. The molecule has 0 spiro atoms. The number of nitrogens with one attached hydrogen (secondary N) is 4. The SMILES string of the molecule is CC(=O)N[C@@H]1[C@@H]([C@H](O)[C@H](O)CO)O[C@](O[C@@H]2[C@@H](O)[C@H](O[C@H]3[C@H](O)[C@@H](CO[C@]4(C(=O)O)C[C@H](O)[C@@H](NC(C)=O)[C@H]([C@H](O)[C@H](O)CO)O4)O[C@@H](O[C@H]4[C@@H](O)[C@@H](CO)O[C@@H](OCCCCCN)[C@@H]4O)[C@@H]3NC(C)=O)O[C@H](CO)[C@@H]2O[C@@H]2O[C@H](CO)[C@H](O)[C@H](O)[C@H]2NC(C)=O)(C(=O)O)C[C@H]1O. The molecule has 0 unspecified atom stereocenters. The maximum atomic E-state index is 13.8. The number of aliphatic hydroxyl groups excluding tert-OH is 17. The van der Waals surface area contributed by atoms with Gasteiger partial charge in [-0.2, -0.15) is 0 Å². The van der Waals surface area contributed by atoms with Gasteiger partial charge in [-0.25, -0.2) is 9.59 Å². The first kappa shape index (κ1) is 81.6. The van der Waals surface area contributed by atoms with Crippen LogP contribution in [0.25, 0.3) is 0 Å². The quantitative estimate of drug-likeness (QED) is 0.0278. The van der Waals surface area contributed by atoms with Crippen molar-refractivity contribution in [1.29, 1.82) is 0 Å². The van der Waals surface area contributed by atoms with Crippen LogP contribution in [0.3, 0.4) is 0 Å². The second-order valence-corrected chi connectivity index (χ2v) is 24.3. The van der Waals surface area contributed by atoms with E-state index in [1.54, 1.807) is 0 Å². The van der Waals surface area contributed by atoms with Crippen LogP contribution in [0, 0.1) is 0 Å². The highest BCUT2D eigenvalue weighted by Gasteiger charge is 2.63. The molecule has 6 fully saturated rings. The van der Waals surface area contributed by atoms with Gasteiger partial charge in [0.1, 0.15) is 134 Å². The highest BCUT2D eigenvalue weighted by molar-refractivity contribution is 5.78. The van der Waals surface area contributed by atoms with E-state index >= 15 is 0 Å². The Morgan fingerprint density at radius 1 is 0.474 bits per heavy atom. The van der Waals surface area contributed by atoms with Crippen molar-refractivity contribution in [2.24, 2.45) is 5.73 Å². The summed E-state index contributed by atoms with van der Waals surface area (Å²) >= 11 is 0. The van der Waals surface area contributed by atoms with Crippen molar-refractivity contribution in [3.63, 3.8) is 0 Å². The molecule has 32 atom stereocenters. The Morgan fingerprint density at radius 2 is 0.897 bits per heavy atom. The van der Waals surface area contributed by atoms with Crippen LogP contribution in [0.4, 0.5) is 0 Å². The first-order chi connectivity index (χ1) is 45.7. The van der Waals surface area contributed by atoms with Gasteiger partial charge in [-0.1, -0.05) is 0 Å². The van der Waals surface area contributed by atoms with Crippen LogP contribution in [0.5, 0.6) is 0 Å². The van der Waals surface area contributed by atoms with Crippen molar-refractivity contribution in [2.45, 2.75) is 255 Å². The molecule has 97 heavy (non-hydrogen) atoms. The Morgan fingerprint density at radius 3 is 1.40 bits per heavy atom. The maximum Gasteiger partial charge on any atom is 0.364 e. The van der Waals surface area contributed by atoms with Crippen molar-refractivity contribution < 1.29 is 183 Å². The topological polar surface area (TPSA) is 672 Å². The summed E-state index contributed by atoms with van der Waals surface area (Å²) in [5.74, 6) is -14.8. The van der Waals surface area contributed by atoms with E-state index in [-0.39, 0.29) is 6.61 Å². The van der Waals surface area contributed by atoms with Gasteiger partial charge >= 0.3 is 11.9 Å². The molecule has 0 aromatic carbocycles. The average Bonchev–Trinajstić information content (AvgIpc) is 0.760. The molecule has 25 N–H and O–H groups in total. The summed E-state index contributed by atoms with van der Waals surface area (Å²) in [5, 5.41) is 220. The normalized spacial score (nSPS) is 41.5.